The fourth-order valence-corrected chi connectivity index (χ4v) is 5.41. The molecule has 2 aromatic rings. The monoisotopic (exact) mass is 535 g/mol. The van der Waals surface area contributed by atoms with Crippen molar-refractivity contribution in [2.75, 3.05) is 24.8 Å². The Labute approximate surface area is 216 Å². The molecule has 4 rings (SSSR count). The number of ether oxygens (including phenoxy) is 3. The number of amidine groups is 1. The van der Waals surface area contributed by atoms with Crippen LogP contribution in [0.5, 0.6) is 5.88 Å². The maximum atomic E-state index is 15.3. The van der Waals surface area contributed by atoms with Crippen molar-refractivity contribution in [2.24, 2.45) is 10.9 Å². The minimum Gasteiger partial charge on any atom is -0.480 e. The van der Waals surface area contributed by atoms with E-state index in [0.717, 1.165) is 6.07 Å². The van der Waals surface area contributed by atoms with Crippen LogP contribution in [-0.2, 0) is 15.0 Å². The molecule has 2 aliphatic heterocycles. The van der Waals surface area contributed by atoms with Crippen LogP contribution in [0.25, 0.3) is 0 Å². The van der Waals surface area contributed by atoms with Crippen molar-refractivity contribution >= 4 is 34.6 Å². The van der Waals surface area contributed by atoms with Gasteiger partial charge in [0.1, 0.15) is 16.8 Å². The minimum atomic E-state index is -1.33. The first-order valence-corrected chi connectivity index (χ1v) is 12.4. The molecule has 0 aliphatic carbocycles. The molecule has 1 saturated heterocycles. The van der Waals surface area contributed by atoms with Gasteiger partial charge in [-0.3, -0.25) is 10.1 Å². The van der Waals surface area contributed by atoms with Crippen LogP contribution in [0.15, 0.2) is 29.5 Å². The Morgan fingerprint density at radius 1 is 1.19 bits per heavy atom. The van der Waals surface area contributed by atoms with Gasteiger partial charge in [0.2, 0.25) is 5.88 Å². The van der Waals surface area contributed by atoms with Crippen molar-refractivity contribution in [2.45, 2.75) is 44.9 Å². The normalized spacial score (nSPS) is 23.1. The molecule has 1 aromatic carbocycles. The number of nitrogens with one attached hydrogen (secondary N) is 2. The number of alkyl carbamates (subject to hydrolysis) is 1. The Kier molecular flexibility index (Phi) is 7.38. The van der Waals surface area contributed by atoms with E-state index in [9.17, 15) is 14.0 Å². The third-order valence-electron chi connectivity index (χ3n) is 5.88. The van der Waals surface area contributed by atoms with E-state index >= 15 is 4.39 Å². The highest BCUT2D eigenvalue weighted by Gasteiger charge is 2.53. The van der Waals surface area contributed by atoms with Gasteiger partial charge in [0, 0.05) is 29.0 Å². The van der Waals surface area contributed by atoms with Crippen LogP contribution in [0.2, 0.25) is 0 Å². The summed E-state index contributed by atoms with van der Waals surface area (Å²) in [4.78, 5) is 37.5. The van der Waals surface area contributed by atoms with Crippen molar-refractivity contribution in [3.05, 3.63) is 47.4 Å². The number of fused-ring (bicyclic) bond motifs is 1. The summed E-state index contributed by atoms with van der Waals surface area (Å²) in [5.41, 5.74) is -2.20. The molecular weight excluding hydrogens is 508 g/mol. The third-order valence-corrected chi connectivity index (χ3v) is 6.87. The van der Waals surface area contributed by atoms with E-state index in [2.05, 4.69) is 25.6 Å². The summed E-state index contributed by atoms with van der Waals surface area (Å²) in [6.07, 6.45) is 1.44. The Morgan fingerprint density at radius 2 is 1.95 bits per heavy atom. The lowest BCUT2D eigenvalue weighted by Gasteiger charge is -2.36. The van der Waals surface area contributed by atoms with Gasteiger partial charge >= 0.3 is 6.09 Å². The maximum Gasteiger partial charge on any atom is 0.413 e. The van der Waals surface area contributed by atoms with Gasteiger partial charge in [0.05, 0.1) is 32.2 Å². The second kappa shape index (κ2) is 10.2. The van der Waals surface area contributed by atoms with E-state index in [0.29, 0.717) is 5.75 Å². The van der Waals surface area contributed by atoms with Gasteiger partial charge in [-0.2, -0.15) is 0 Å². The molecule has 2 amide bonds. The number of hydrogen-bond acceptors (Lipinski definition) is 9. The van der Waals surface area contributed by atoms with Crippen LogP contribution in [0.4, 0.5) is 19.3 Å². The number of nitrogens with zero attached hydrogens (tertiary/aromatic N) is 3. The Morgan fingerprint density at radius 3 is 2.59 bits per heavy atom. The summed E-state index contributed by atoms with van der Waals surface area (Å²) in [7, 11) is 1.41. The number of hydrogen-bond donors (Lipinski definition) is 2. The Bertz CT molecular complexity index is 1240. The zero-order valence-corrected chi connectivity index (χ0v) is 21.7. The smallest absolute Gasteiger partial charge is 0.413 e. The molecular formula is C24H27F2N5O5S. The fraction of sp³-hybridized carbons (Fsp3) is 0.458. The van der Waals surface area contributed by atoms with Crippen LogP contribution in [-0.4, -0.2) is 58.3 Å². The van der Waals surface area contributed by atoms with Gasteiger partial charge in [-0.1, -0.05) is 11.8 Å². The van der Waals surface area contributed by atoms with E-state index in [4.69, 9.17) is 14.2 Å². The molecule has 0 bridgehead atoms. The summed E-state index contributed by atoms with van der Waals surface area (Å²) in [5, 5.41) is 5.32. The maximum absolute atomic E-state index is 15.3. The Hall–Kier alpha value is -3.32. The van der Waals surface area contributed by atoms with E-state index in [-0.39, 0.29) is 46.6 Å². The van der Waals surface area contributed by atoms with Crippen molar-refractivity contribution in [1.29, 1.82) is 0 Å². The molecule has 1 fully saturated rings. The number of carbonyl (C=O) groups is 2. The summed E-state index contributed by atoms with van der Waals surface area (Å²) >= 11 is 1.26. The van der Waals surface area contributed by atoms with Crippen LogP contribution in [0.1, 0.15) is 43.7 Å². The van der Waals surface area contributed by atoms with Crippen molar-refractivity contribution in [1.82, 2.24) is 15.3 Å². The standard InChI is InChI=1S/C24H27F2N5O5S/c1-12-15-10-37-21(30-22(33)36-23(2,3)4)31-24(15,11-35-12)14-6-13(7-16(25)19(14)26)29-20(32)17-8-28-18(34-5)9-27-17/h6-9,12,15H,10-11H2,1-5H3,(H,29,32)(H,30,31,33)/t12-,15-,24-/m1/s1. The molecule has 13 heteroatoms. The zero-order valence-electron chi connectivity index (χ0n) is 20.9. The van der Waals surface area contributed by atoms with E-state index in [1.165, 1.54) is 37.3 Å². The van der Waals surface area contributed by atoms with Gasteiger partial charge in [-0.25, -0.2) is 28.5 Å². The number of amides is 2. The van der Waals surface area contributed by atoms with Gasteiger partial charge in [-0.15, -0.1) is 0 Å². The predicted octanol–water partition coefficient (Wildman–Crippen LogP) is 3.87. The summed E-state index contributed by atoms with van der Waals surface area (Å²) in [6, 6.07) is 2.20. The number of anilines is 1. The lowest BCUT2D eigenvalue weighted by atomic mass is 9.79. The quantitative estimate of drug-likeness (QED) is 0.605. The second-order valence-electron chi connectivity index (χ2n) is 9.62. The summed E-state index contributed by atoms with van der Waals surface area (Å²) < 4.78 is 46.2. The lowest BCUT2D eigenvalue weighted by Crippen LogP contribution is -2.45. The minimum absolute atomic E-state index is 0.000672. The van der Waals surface area contributed by atoms with Crippen LogP contribution in [0.3, 0.4) is 0 Å². The van der Waals surface area contributed by atoms with Gasteiger partial charge < -0.3 is 19.5 Å². The molecule has 10 nitrogen and oxygen atoms in total. The molecule has 2 aliphatic rings. The number of benzene rings is 1. The SMILES string of the molecule is COc1cnc(C(=O)Nc2cc(F)c(F)c([C@]34CO[C@H](C)[C@H]3CSC(NC(=O)OC(C)(C)C)=N4)c2)cn1. The topological polar surface area (TPSA) is 124 Å². The van der Waals surface area contributed by atoms with Gasteiger partial charge in [-0.05, 0) is 33.8 Å². The number of aliphatic imine (C=N–C) groups is 1. The van der Waals surface area contributed by atoms with E-state index in [1.807, 2.05) is 6.92 Å². The second-order valence-corrected chi connectivity index (χ2v) is 10.6. The number of thioether (sulfide) groups is 1. The fourth-order valence-electron chi connectivity index (χ4n) is 4.14. The first-order valence-electron chi connectivity index (χ1n) is 11.4. The zero-order chi connectivity index (χ0) is 27.0. The van der Waals surface area contributed by atoms with Crippen molar-refractivity contribution < 1.29 is 32.6 Å². The highest BCUT2D eigenvalue weighted by atomic mass is 32.2. The van der Waals surface area contributed by atoms with Crippen molar-refractivity contribution in [3.63, 3.8) is 0 Å². The third kappa shape index (κ3) is 5.67. The molecule has 3 heterocycles. The molecule has 0 saturated carbocycles. The molecule has 1 aromatic heterocycles. The van der Waals surface area contributed by atoms with E-state index < -0.39 is 34.8 Å². The number of halogens is 2. The number of rotatable bonds is 4. The summed E-state index contributed by atoms with van der Waals surface area (Å²) in [5.74, 6) is -2.64. The summed E-state index contributed by atoms with van der Waals surface area (Å²) in [6.45, 7) is 6.96. The molecule has 0 radical (unpaired) electrons. The molecule has 3 atom stereocenters. The van der Waals surface area contributed by atoms with Gasteiger partial charge in [0.25, 0.3) is 5.91 Å². The Balaban J connectivity index is 1.68. The van der Waals surface area contributed by atoms with Crippen LogP contribution in [0, 0.1) is 17.6 Å². The average molecular weight is 536 g/mol. The average Bonchev–Trinajstić information content (AvgIpc) is 3.16. The highest BCUT2D eigenvalue weighted by molar-refractivity contribution is 8.13. The largest absolute Gasteiger partial charge is 0.480 e. The molecule has 2 N–H and O–H groups in total. The predicted molar refractivity (Wildman–Crippen MR) is 133 cm³/mol. The number of carbonyl (C=O) groups excluding carboxylic acids is 2. The lowest BCUT2D eigenvalue weighted by molar-refractivity contribution is 0.0563. The van der Waals surface area contributed by atoms with Gasteiger partial charge in [0.15, 0.2) is 16.8 Å². The van der Waals surface area contributed by atoms with E-state index in [1.54, 1.807) is 20.8 Å². The molecule has 198 valence electrons. The van der Waals surface area contributed by atoms with Crippen molar-refractivity contribution in [3.8, 4) is 5.88 Å². The molecule has 37 heavy (non-hydrogen) atoms. The molecule has 0 spiro atoms. The first-order chi connectivity index (χ1) is 17.4. The van der Waals surface area contributed by atoms with Crippen LogP contribution >= 0.6 is 11.8 Å². The first kappa shape index (κ1) is 26.7. The highest BCUT2D eigenvalue weighted by Crippen LogP contribution is 2.49. The van der Waals surface area contributed by atoms with Crippen LogP contribution < -0.4 is 15.4 Å². The number of aromatic nitrogens is 2. The number of methoxy groups -OCH3 is 1. The molecule has 0 unspecified atom stereocenters.